The Kier molecular flexibility index (Phi) is 4.58. The normalized spacial score (nSPS) is 17.8. The molecule has 0 saturated heterocycles. The predicted octanol–water partition coefficient (Wildman–Crippen LogP) is 3.92. The van der Waals surface area contributed by atoms with Crippen LogP contribution in [0.3, 0.4) is 0 Å². The highest BCUT2D eigenvalue weighted by Gasteiger charge is 2.36. The van der Waals surface area contributed by atoms with E-state index in [-0.39, 0.29) is 17.4 Å². The van der Waals surface area contributed by atoms with Crippen LogP contribution >= 0.6 is 0 Å². The molecule has 4 heteroatoms. The van der Waals surface area contributed by atoms with Crippen molar-refractivity contribution in [1.82, 2.24) is 0 Å². The number of carbonyl (C=O) groups is 1. The number of methoxy groups -OCH3 is 1. The Labute approximate surface area is 139 Å². The van der Waals surface area contributed by atoms with E-state index in [9.17, 15) is 4.79 Å². The van der Waals surface area contributed by atoms with Crippen molar-refractivity contribution in [3.8, 4) is 5.75 Å². The van der Waals surface area contributed by atoms with E-state index in [0.29, 0.717) is 11.1 Å². The zero-order chi connectivity index (χ0) is 17.4. The van der Waals surface area contributed by atoms with E-state index in [1.54, 1.807) is 0 Å². The molecule has 0 aromatic heterocycles. The Morgan fingerprint density at radius 2 is 2.00 bits per heavy atom. The highest BCUT2D eigenvalue weighted by molar-refractivity contribution is 5.77. The molecule has 0 amide bonds. The maximum absolute atomic E-state index is 11.6. The minimum Gasteiger partial charge on any atom is -0.469 e. The quantitative estimate of drug-likeness (QED) is 0.479. The first kappa shape index (κ1) is 17.5. The van der Waals surface area contributed by atoms with Gasteiger partial charge in [-0.3, -0.25) is 4.79 Å². The summed E-state index contributed by atoms with van der Waals surface area (Å²) in [4.78, 5) is 17.8. The summed E-state index contributed by atoms with van der Waals surface area (Å²) in [5.41, 5.74) is 3.28. The summed E-state index contributed by atoms with van der Waals surface area (Å²) in [6.45, 7) is 10.6. The molecule has 2 rings (SSSR count). The second-order valence-electron chi connectivity index (χ2n) is 7.65. The van der Waals surface area contributed by atoms with Crippen LogP contribution in [-0.4, -0.2) is 37.4 Å². The molecule has 1 aromatic rings. The van der Waals surface area contributed by atoms with Gasteiger partial charge in [0.15, 0.2) is 5.75 Å². The van der Waals surface area contributed by atoms with Crippen LogP contribution in [0.25, 0.3) is 5.57 Å². The molecule has 0 heterocycles. The zero-order valence-electron chi connectivity index (χ0n) is 15.1. The van der Waals surface area contributed by atoms with Gasteiger partial charge in [-0.2, -0.15) is 0 Å². The molecule has 1 aromatic carbocycles. The van der Waals surface area contributed by atoms with Gasteiger partial charge in [0.1, 0.15) is 19.6 Å². The average Bonchev–Trinajstić information content (AvgIpc) is 2.73. The van der Waals surface area contributed by atoms with E-state index in [0.717, 1.165) is 28.9 Å². The molecular formula is C19H28NO3+. The number of ether oxygens (including phenoxy) is 1. The largest absolute Gasteiger partial charge is 0.469 e. The van der Waals surface area contributed by atoms with Crippen LogP contribution < -0.4 is 4.84 Å². The summed E-state index contributed by atoms with van der Waals surface area (Å²) in [5.74, 6) is 0.800. The monoisotopic (exact) mass is 318 g/mol. The Hall–Kier alpha value is -1.81. The molecule has 1 atom stereocenters. The Bertz CT molecular complexity index is 626. The maximum Gasteiger partial charge on any atom is 0.306 e. The van der Waals surface area contributed by atoms with Gasteiger partial charge >= 0.3 is 5.97 Å². The minimum atomic E-state index is -0.179. The molecule has 0 aliphatic heterocycles. The summed E-state index contributed by atoms with van der Waals surface area (Å²) >= 11 is 0. The summed E-state index contributed by atoms with van der Waals surface area (Å²) in [6, 6.07) is 6.08. The van der Waals surface area contributed by atoms with E-state index in [1.807, 2.05) is 26.2 Å². The number of fused-ring (bicyclic) bond motifs is 1. The average molecular weight is 318 g/mol. The van der Waals surface area contributed by atoms with Crippen molar-refractivity contribution in [2.75, 3.05) is 21.2 Å². The molecule has 0 spiro atoms. The maximum atomic E-state index is 11.6. The van der Waals surface area contributed by atoms with Gasteiger partial charge in [0.2, 0.25) is 0 Å². The Morgan fingerprint density at radius 1 is 1.35 bits per heavy atom. The number of carbonyl (C=O) groups excluding carboxylic acids is 1. The fourth-order valence-corrected chi connectivity index (χ4v) is 2.64. The van der Waals surface area contributed by atoms with E-state index in [4.69, 9.17) is 9.57 Å². The second-order valence-corrected chi connectivity index (χ2v) is 7.65. The van der Waals surface area contributed by atoms with Crippen molar-refractivity contribution < 1.29 is 19.0 Å². The zero-order valence-corrected chi connectivity index (χ0v) is 15.1. The molecule has 126 valence electrons. The molecule has 1 unspecified atom stereocenters. The van der Waals surface area contributed by atoms with Gasteiger partial charge in [-0.15, -0.1) is 4.65 Å². The van der Waals surface area contributed by atoms with Gasteiger partial charge in [0, 0.05) is 0 Å². The second kappa shape index (κ2) is 6.00. The highest BCUT2D eigenvalue weighted by Crippen LogP contribution is 2.43. The van der Waals surface area contributed by atoms with Crippen LogP contribution in [0, 0.1) is 0 Å². The van der Waals surface area contributed by atoms with Crippen LogP contribution in [0.15, 0.2) is 24.8 Å². The van der Waals surface area contributed by atoms with Crippen LogP contribution in [-0.2, 0) is 9.53 Å². The first-order valence-corrected chi connectivity index (χ1v) is 7.98. The van der Waals surface area contributed by atoms with Crippen LogP contribution in [0.2, 0.25) is 0 Å². The van der Waals surface area contributed by atoms with E-state index in [1.165, 1.54) is 7.11 Å². The number of benzene rings is 1. The number of hydroxylamine groups is 3. The molecule has 0 fully saturated rings. The smallest absolute Gasteiger partial charge is 0.306 e. The number of esters is 1. The van der Waals surface area contributed by atoms with Gasteiger partial charge in [0.05, 0.1) is 13.5 Å². The SMILES string of the molecule is C=C1CC(CC(=O)OC)c2ccc(O[N+](C)(C)C(C)(C)C)cc21. The Balaban J connectivity index is 2.25. The topological polar surface area (TPSA) is 35.5 Å². The van der Waals surface area contributed by atoms with Crippen molar-refractivity contribution in [2.45, 2.75) is 45.1 Å². The molecule has 0 radical (unpaired) electrons. The van der Waals surface area contributed by atoms with E-state index >= 15 is 0 Å². The van der Waals surface area contributed by atoms with E-state index < -0.39 is 0 Å². The molecule has 4 nitrogen and oxygen atoms in total. The lowest BCUT2D eigenvalue weighted by atomic mass is 9.98. The lowest BCUT2D eigenvalue weighted by Gasteiger charge is -2.39. The van der Waals surface area contributed by atoms with Crippen molar-refractivity contribution in [3.63, 3.8) is 0 Å². The molecule has 0 N–H and O–H groups in total. The van der Waals surface area contributed by atoms with Crippen molar-refractivity contribution >= 4 is 11.5 Å². The van der Waals surface area contributed by atoms with Crippen LogP contribution in [0.4, 0.5) is 0 Å². The number of hydrogen-bond donors (Lipinski definition) is 0. The lowest BCUT2D eigenvalue weighted by Crippen LogP contribution is -2.56. The molecule has 23 heavy (non-hydrogen) atoms. The number of nitrogens with zero attached hydrogens (tertiary/aromatic N) is 1. The standard InChI is InChI=1S/C19H28NO3/c1-13-10-14(11-18(21)22-7)16-9-8-15(12-17(13)16)23-20(5,6)19(2,3)4/h8-9,12,14H,1,10-11H2,2-7H3/q+1. The van der Waals surface area contributed by atoms with E-state index in [2.05, 4.69) is 33.4 Å². The molecular weight excluding hydrogens is 290 g/mol. The fourth-order valence-electron chi connectivity index (χ4n) is 2.64. The highest BCUT2D eigenvalue weighted by atomic mass is 16.7. The number of allylic oxidation sites excluding steroid dienone is 1. The molecule has 0 bridgehead atoms. The molecule has 1 aliphatic rings. The first-order chi connectivity index (χ1) is 10.5. The van der Waals surface area contributed by atoms with Gasteiger partial charge in [0.25, 0.3) is 0 Å². The fraction of sp³-hybridized carbons (Fsp3) is 0.526. The number of quaternary nitrogens is 1. The van der Waals surface area contributed by atoms with Gasteiger partial charge in [-0.05, 0) is 61.9 Å². The van der Waals surface area contributed by atoms with Crippen molar-refractivity contribution in [3.05, 3.63) is 35.9 Å². The van der Waals surface area contributed by atoms with Crippen LogP contribution in [0.5, 0.6) is 5.75 Å². The third kappa shape index (κ3) is 3.58. The minimum absolute atomic E-state index is 0.0383. The summed E-state index contributed by atoms with van der Waals surface area (Å²) in [7, 11) is 5.51. The summed E-state index contributed by atoms with van der Waals surface area (Å²) in [6.07, 6.45) is 1.19. The third-order valence-corrected chi connectivity index (χ3v) is 4.93. The molecule has 0 saturated carbocycles. The van der Waals surface area contributed by atoms with Crippen molar-refractivity contribution in [1.29, 1.82) is 0 Å². The lowest BCUT2D eigenvalue weighted by molar-refractivity contribution is -1.08. The third-order valence-electron chi connectivity index (χ3n) is 4.93. The van der Waals surface area contributed by atoms with Gasteiger partial charge < -0.3 is 9.57 Å². The van der Waals surface area contributed by atoms with Crippen LogP contribution in [0.1, 0.15) is 50.7 Å². The van der Waals surface area contributed by atoms with Gasteiger partial charge in [-0.1, -0.05) is 12.6 Å². The predicted molar refractivity (Wildman–Crippen MR) is 92.0 cm³/mol. The number of rotatable bonds is 4. The summed E-state index contributed by atoms with van der Waals surface area (Å²) < 4.78 is 5.21. The van der Waals surface area contributed by atoms with Gasteiger partial charge in [-0.25, -0.2) is 0 Å². The summed E-state index contributed by atoms with van der Waals surface area (Å²) in [5, 5.41) is 0. The Morgan fingerprint density at radius 3 is 2.57 bits per heavy atom. The number of hydrogen-bond acceptors (Lipinski definition) is 3. The first-order valence-electron chi connectivity index (χ1n) is 7.98. The van der Waals surface area contributed by atoms with Crippen molar-refractivity contribution in [2.24, 2.45) is 0 Å². The molecule has 1 aliphatic carbocycles.